The number of para-hydroxylation sites is 1. The summed E-state index contributed by atoms with van der Waals surface area (Å²) in [6.07, 6.45) is 3.92. The van der Waals surface area contributed by atoms with Gasteiger partial charge in [0.1, 0.15) is 11.9 Å². The van der Waals surface area contributed by atoms with Gasteiger partial charge in [-0.1, -0.05) is 19.1 Å². The molecule has 0 spiro atoms. The van der Waals surface area contributed by atoms with Crippen molar-refractivity contribution in [1.82, 2.24) is 10.3 Å². The summed E-state index contributed by atoms with van der Waals surface area (Å²) in [6.45, 7) is 2.38. The third-order valence-corrected chi connectivity index (χ3v) is 5.04. The second-order valence-electron chi connectivity index (χ2n) is 6.90. The van der Waals surface area contributed by atoms with Crippen molar-refractivity contribution in [3.63, 3.8) is 0 Å². The fraction of sp³-hybridized carbons (Fsp3) is 0.350. The van der Waals surface area contributed by atoms with E-state index in [0.717, 1.165) is 23.7 Å². The molecule has 5 nitrogen and oxygen atoms in total. The highest BCUT2D eigenvalue weighted by atomic mass is 16.4. The van der Waals surface area contributed by atoms with Gasteiger partial charge in [0.2, 0.25) is 0 Å². The van der Waals surface area contributed by atoms with E-state index >= 15 is 0 Å². The normalized spacial score (nSPS) is 18.1. The minimum atomic E-state index is -0.851. The predicted octanol–water partition coefficient (Wildman–Crippen LogP) is 3.35. The van der Waals surface area contributed by atoms with Crippen LogP contribution in [-0.4, -0.2) is 22.5 Å². The molecule has 0 bridgehead atoms. The Morgan fingerprint density at radius 3 is 3.08 bits per heavy atom. The molecule has 0 radical (unpaired) electrons. The van der Waals surface area contributed by atoms with Crippen LogP contribution in [0.25, 0.3) is 10.9 Å². The average Bonchev–Trinajstić information content (AvgIpc) is 3.26. The van der Waals surface area contributed by atoms with Crippen molar-refractivity contribution in [2.24, 2.45) is 5.92 Å². The maximum Gasteiger partial charge on any atom is 0.253 e. The quantitative estimate of drug-likeness (QED) is 0.682. The monoisotopic (exact) mass is 338 g/mol. The Morgan fingerprint density at radius 1 is 1.40 bits per heavy atom. The molecule has 130 valence electrons. The molecule has 0 fully saturated rings. The van der Waals surface area contributed by atoms with Crippen LogP contribution >= 0.6 is 0 Å². The number of aliphatic hydroxyl groups is 1. The molecule has 4 rings (SSSR count). The molecule has 3 N–H and O–H groups in total. The van der Waals surface area contributed by atoms with Crippen LogP contribution in [0.5, 0.6) is 0 Å². The van der Waals surface area contributed by atoms with E-state index in [4.69, 9.17) is 4.42 Å². The lowest BCUT2D eigenvalue weighted by molar-refractivity contribution is 0.0902. The van der Waals surface area contributed by atoms with Crippen LogP contribution in [-0.2, 0) is 12.8 Å². The lowest BCUT2D eigenvalue weighted by atomic mass is 9.87. The van der Waals surface area contributed by atoms with Crippen LogP contribution in [0, 0.1) is 5.92 Å². The fourth-order valence-corrected chi connectivity index (χ4v) is 3.67. The summed E-state index contributed by atoms with van der Waals surface area (Å²) < 4.78 is 5.16. The molecule has 25 heavy (non-hydrogen) atoms. The van der Waals surface area contributed by atoms with Gasteiger partial charge in [0.15, 0.2) is 0 Å². The number of benzene rings is 1. The molecule has 2 heterocycles. The number of carbonyl (C=O) groups is 1. The summed E-state index contributed by atoms with van der Waals surface area (Å²) in [7, 11) is 0. The van der Waals surface area contributed by atoms with Crippen molar-refractivity contribution in [1.29, 1.82) is 0 Å². The first kappa shape index (κ1) is 16.0. The molecule has 1 aromatic carbocycles. The standard InChI is InChI=1S/C20H22N2O3/c1-12-7-8-16-15(10-12)13-4-2-5-14(19(13)22-16)20(24)21-11-17(23)18-6-3-9-25-18/h2-6,9,12,17,22-23H,7-8,10-11H2,1H3,(H,21,24). The Morgan fingerprint density at radius 2 is 2.28 bits per heavy atom. The van der Waals surface area contributed by atoms with E-state index in [1.807, 2.05) is 12.1 Å². The highest BCUT2D eigenvalue weighted by Crippen LogP contribution is 2.32. The number of hydrogen-bond donors (Lipinski definition) is 3. The maximum absolute atomic E-state index is 12.6. The number of aromatic amines is 1. The first-order valence-corrected chi connectivity index (χ1v) is 8.75. The zero-order valence-electron chi connectivity index (χ0n) is 14.2. The number of fused-ring (bicyclic) bond motifs is 3. The number of carbonyl (C=O) groups excluding carboxylic acids is 1. The zero-order chi connectivity index (χ0) is 17.4. The van der Waals surface area contributed by atoms with Gasteiger partial charge in [-0.25, -0.2) is 0 Å². The van der Waals surface area contributed by atoms with Gasteiger partial charge in [0.05, 0.1) is 23.9 Å². The van der Waals surface area contributed by atoms with E-state index in [2.05, 4.69) is 23.3 Å². The predicted molar refractivity (Wildman–Crippen MR) is 95.5 cm³/mol. The molecule has 1 aliphatic rings. The number of rotatable bonds is 4. The van der Waals surface area contributed by atoms with Gasteiger partial charge in [-0.15, -0.1) is 0 Å². The summed E-state index contributed by atoms with van der Waals surface area (Å²) in [6, 6.07) is 9.23. The molecule has 1 amide bonds. The van der Waals surface area contributed by atoms with Crippen LogP contribution in [0.4, 0.5) is 0 Å². The van der Waals surface area contributed by atoms with Crippen molar-refractivity contribution in [3.8, 4) is 0 Å². The molecular formula is C20H22N2O3. The summed E-state index contributed by atoms with van der Waals surface area (Å²) in [5.74, 6) is 0.929. The molecule has 2 atom stereocenters. The lowest BCUT2D eigenvalue weighted by Gasteiger charge is -2.17. The second kappa shape index (κ2) is 6.41. The van der Waals surface area contributed by atoms with Crippen molar-refractivity contribution >= 4 is 16.8 Å². The highest BCUT2D eigenvalue weighted by molar-refractivity contribution is 6.06. The Labute approximate surface area is 146 Å². The average molecular weight is 338 g/mol. The van der Waals surface area contributed by atoms with E-state index in [1.165, 1.54) is 23.9 Å². The maximum atomic E-state index is 12.6. The highest BCUT2D eigenvalue weighted by Gasteiger charge is 2.22. The van der Waals surface area contributed by atoms with Crippen molar-refractivity contribution in [2.75, 3.05) is 6.54 Å². The Kier molecular flexibility index (Phi) is 4.09. The Balaban J connectivity index is 1.57. The fourth-order valence-electron chi connectivity index (χ4n) is 3.67. The smallest absolute Gasteiger partial charge is 0.253 e. The van der Waals surface area contributed by atoms with Crippen LogP contribution < -0.4 is 5.32 Å². The van der Waals surface area contributed by atoms with Gasteiger partial charge in [-0.05, 0) is 48.9 Å². The number of hydrogen-bond acceptors (Lipinski definition) is 3. The minimum absolute atomic E-state index is 0.111. The first-order chi connectivity index (χ1) is 12.1. The van der Waals surface area contributed by atoms with Gasteiger partial charge in [-0.3, -0.25) is 4.79 Å². The first-order valence-electron chi connectivity index (χ1n) is 8.75. The van der Waals surface area contributed by atoms with Crippen LogP contribution in [0.2, 0.25) is 0 Å². The third-order valence-electron chi connectivity index (χ3n) is 5.04. The van der Waals surface area contributed by atoms with E-state index in [1.54, 1.807) is 12.1 Å². The van der Waals surface area contributed by atoms with Gasteiger partial charge < -0.3 is 19.8 Å². The molecule has 2 unspecified atom stereocenters. The SMILES string of the molecule is CC1CCc2[nH]c3c(C(=O)NCC(O)c4ccco4)cccc3c2C1. The van der Waals surface area contributed by atoms with Gasteiger partial charge in [-0.2, -0.15) is 0 Å². The summed E-state index contributed by atoms with van der Waals surface area (Å²) in [4.78, 5) is 16.1. The molecule has 2 aromatic heterocycles. The van der Waals surface area contributed by atoms with Crippen LogP contribution in [0.15, 0.2) is 41.0 Å². The number of aryl methyl sites for hydroxylation is 1. The molecular weight excluding hydrogens is 316 g/mol. The molecule has 1 aliphatic carbocycles. The van der Waals surface area contributed by atoms with E-state index in [9.17, 15) is 9.90 Å². The number of H-pyrrole nitrogens is 1. The van der Waals surface area contributed by atoms with Crippen LogP contribution in [0.3, 0.4) is 0 Å². The van der Waals surface area contributed by atoms with E-state index in [0.29, 0.717) is 17.2 Å². The molecule has 5 heteroatoms. The topological polar surface area (TPSA) is 78.3 Å². The number of aliphatic hydroxyl groups excluding tert-OH is 1. The Bertz CT molecular complexity index is 895. The third kappa shape index (κ3) is 2.96. The van der Waals surface area contributed by atoms with Crippen LogP contribution in [0.1, 0.15) is 46.8 Å². The van der Waals surface area contributed by atoms with Crippen molar-refractivity contribution in [3.05, 3.63) is 59.2 Å². The summed E-state index contributed by atoms with van der Waals surface area (Å²) in [5, 5.41) is 14.0. The van der Waals surface area contributed by atoms with Crippen molar-refractivity contribution < 1.29 is 14.3 Å². The number of nitrogens with one attached hydrogen (secondary N) is 2. The van der Waals surface area contributed by atoms with E-state index in [-0.39, 0.29) is 12.5 Å². The zero-order valence-corrected chi connectivity index (χ0v) is 14.2. The second-order valence-corrected chi connectivity index (χ2v) is 6.90. The number of furan rings is 1. The summed E-state index contributed by atoms with van der Waals surface area (Å²) in [5.41, 5.74) is 4.11. The molecule has 0 saturated heterocycles. The lowest BCUT2D eigenvalue weighted by Crippen LogP contribution is -2.28. The van der Waals surface area contributed by atoms with Gasteiger partial charge in [0, 0.05) is 11.1 Å². The summed E-state index contributed by atoms with van der Waals surface area (Å²) >= 11 is 0. The Hall–Kier alpha value is -2.53. The molecule has 0 saturated carbocycles. The number of aromatic nitrogens is 1. The van der Waals surface area contributed by atoms with Crippen molar-refractivity contribution in [2.45, 2.75) is 32.3 Å². The molecule has 3 aromatic rings. The van der Waals surface area contributed by atoms with Gasteiger partial charge >= 0.3 is 0 Å². The van der Waals surface area contributed by atoms with E-state index < -0.39 is 6.10 Å². The number of amides is 1. The van der Waals surface area contributed by atoms with Gasteiger partial charge in [0.25, 0.3) is 5.91 Å². The molecule has 0 aliphatic heterocycles. The minimum Gasteiger partial charge on any atom is -0.467 e. The largest absolute Gasteiger partial charge is 0.467 e.